The maximum Gasteiger partial charge on any atom is 0.323 e. The number of rotatable bonds is 10. The molecule has 0 spiro atoms. The minimum atomic E-state index is -3.37. The van der Waals surface area contributed by atoms with Crippen LogP contribution in [-0.4, -0.2) is 56.7 Å². The average molecular weight is 698 g/mol. The molecule has 11 nitrogen and oxygen atoms in total. The SMILES string of the molecule is COc1cc(S(C)(=O)=O)ccc1Oc1ccc(CN2CCC(c3ccc(NC(=O)Nc4ccc(F)c(NC(C)=O)c4)cc3)CC2)cn1.Cl. The van der Waals surface area contributed by atoms with Crippen molar-refractivity contribution in [3.05, 3.63) is 95.9 Å². The van der Waals surface area contributed by atoms with E-state index in [4.69, 9.17) is 9.47 Å². The Bertz CT molecular complexity index is 1850. The number of hydrogen-bond acceptors (Lipinski definition) is 8. The van der Waals surface area contributed by atoms with Crippen molar-refractivity contribution < 1.29 is 31.9 Å². The number of piperidine rings is 1. The number of carbonyl (C=O) groups is 2. The smallest absolute Gasteiger partial charge is 0.323 e. The predicted molar refractivity (Wildman–Crippen MR) is 185 cm³/mol. The van der Waals surface area contributed by atoms with Gasteiger partial charge in [-0.2, -0.15) is 0 Å². The fourth-order valence-corrected chi connectivity index (χ4v) is 5.98. The topological polar surface area (TPSA) is 139 Å². The quantitative estimate of drug-likeness (QED) is 0.164. The molecule has 2 heterocycles. The lowest BCUT2D eigenvalue weighted by Crippen LogP contribution is -2.32. The van der Waals surface area contributed by atoms with Gasteiger partial charge in [0.25, 0.3) is 0 Å². The van der Waals surface area contributed by atoms with E-state index < -0.39 is 27.6 Å². The summed E-state index contributed by atoms with van der Waals surface area (Å²) in [6, 6.07) is 19.4. The van der Waals surface area contributed by atoms with Gasteiger partial charge in [-0.15, -0.1) is 12.4 Å². The van der Waals surface area contributed by atoms with Crippen molar-refractivity contribution in [2.45, 2.75) is 37.1 Å². The third kappa shape index (κ3) is 9.66. The molecule has 3 amide bonds. The van der Waals surface area contributed by atoms with Crippen LogP contribution in [0.4, 0.5) is 26.2 Å². The van der Waals surface area contributed by atoms with E-state index in [1.807, 2.05) is 30.3 Å². The number of ether oxygens (including phenoxy) is 2. The van der Waals surface area contributed by atoms with Crippen LogP contribution >= 0.6 is 12.4 Å². The first kappa shape index (κ1) is 36.1. The number of likely N-dealkylation sites (tertiary alicyclic amines) is 1. The normalized spacial score (nSPS) is 13.6. The van der Waals surface area contributed by atoms with Crippen LogP contribution in [0.25, 0.3) is 0 Å². The molecule has 1 fully saturated rings. The number of nitrogens with one attached hydrogen (secondary N) is 3. The molecule has 48 heavy (non-hydrogen) atoms. The molecular weight excluding hydrogens is 661 g/mol. The number of benzene rings is 3. The molecule has 0 bridgehead atoms. The first-order chi connectivity index (χ1) is 22.5. The summed E-state index contributed by atoms with van der Waals surface area (Å²) in [6.45, 7) is 3.88. The van der Waals surface area contributed by atoms with Gasteiger partial charge in [-0.05, 0) is 85.4 Å². The summed E-state index contributed by atoms with van der Waals surface area (Å²) in [5, 5.41) is 7.82. The first-order valence-electron chi connectivity index (χ1n) is 14.9. The van der Waals surface area contributed by atoms with Crippen molar-refractivity contribution in [2.24, 2.45) is 0 Å². The first-order valence-corrected chi connectivity index (χ1v) is 16.8. The molecule has 4 aromatic rings. The minimum absolute atomic E-state index is 0. The van der Waals surface area contributed by atoms with Crippen LogP contribution in [0.1, 0.15) is 36.8 Å². The zero-order valence-corrected chi connectivity index (χ0v) is 28.3. The van der Waals surface area contributed by atoms with Crippen LogP contribution in [0.15, 0.2) is 83.9 Å². The highest BCUT2D eigenvalue weighted by Gasteiger charge is 2.21. The molecule has 0 aliphatic carbocycles. The Hall–Kier alpha value is -4.72. The van der Waals surface area contributed by atoms with Gasteiger partial charge in [0.05, 0.1) is 17.7 Å². The van der Waals surface area contributed by atoms with Crippen LogP contribution in [-0.2, 0) is 21.2 Å². The zero-order chi connectivity index (χ0) is 33.6. The van der Waals surface area contributed by atoms with Gasteiger partial charge in [-0.3, -0.25) is 9.69 Å². The summed E-state index contributed by atoms with van der Waals surface area (Å²) in [5.41, 5.74) is 3.21. The number of halogens is 2. The van der Waals surface area contributed by atoms with E-state index >= 15 is 0 Å². The molecule has 14 heteroatoms. The highest BCUT2D eigenvalue weighted by molar-refractivity contribution is 7.90. The van der Waals surface area contributed by atoms with E-state index in [1.165, 1.54) is 49.9 Å². The monoisotopic (exact) mass is 697 g/mol. The lowest BCUT2D eigenvalue weighted by molar-refractivity contribution is -0.114. The standard InChI is InChI=1S/C34H36FN5O6S.ClH/c1-22(41)37-30-18-27(9-11-29(30)35)39-34(42)38-26-7-5-24(6-8-26)25-14-16-40(17-15-25)21-23-4-13-33(36-20-23)46-31-12-10-28(47(3,43)44)19-32(31)45-2;/h4-13,18-20,25H,14-17,21H2,1-3H3,(H,37,41)(H2,38,39,42);1H. The maximum absolute atomic E-state index is 13.9. The zero-order valence-electron chi connectivity index (χ0n) is 26.7. The van der Waals surface area contributed by atoms with Gasteiger partial charge < -0.3 is 25.4 Å². The van der Waals surface area contributed by atoms with Crippen molar-refractivity contribution in [1.82, 2.24) is 9.88 Å². The third-order valence-electron chi connectivity index (χ3n) is 7.74. The third-order valence-corrected chi connectivity index (χ3v) is 8.85. The molecule has 3 N–H and O–H groups in total. The van der Waals surface area contributed by atoms with E-state index in [2.05, 4.69) is 25.8 Å². The van der Waals surface area contributed by atoms with Gasteiger partial charge in [0.15, 0.2) is 21.3 Å². The van der Waals surface area contributed by atoms with E-state index in [0.29, 0.717) is 34.7 Å². The Morgan fingerprint density at radius 1 is 0.917 bits per heavy atom. The highest BCUT2D eigenvalue weighted by atomic mass is 35.5. The molecule has 1 aliphatic rings. The predicted octanol–water partition coefficient (Wildman–Crippen LogP) is 6.83. The molecule has 0 radical (unpaired) electrons. The lowest BCUT2D eigenvalue weighted by Gasteiger charge is -2.32. The summed E-state index contributed by atoms with van der Waals surface area (Å²) in [6.07, 6.45) is 4.90. The Labute approximate surface area is 285 Å². The number of urea groups is 1. The molecule has 1 aliphatic heterocycles. The number of methoxy groups -OCH3 is 1. The molecule has 1 saturated heterocycles. The Balaban J connectivity index is 0.00000520. The second-order valence-corrected chi connectivity index (χ2v) is 13.3. The van der Waals surface area contributed by atoms with E-state index in [9.17, 15) is 22.4 Å². The number of nitrogens with zero attached hydrogens (tertiary/aromatic N) is 2. The summed E-state index contributed by atoms with van der Waals surface area (Å²) in [7, 11) is -1.92. The minimum Gasteiger partial charge on any atom is -0.493 e. The van der Waals surface area contributed by atoms with E-state index in [0.717, 1.165) is 44.3 Å². The molecule has 0 unspecified atom stereocenters. The number of anilines is 3. The molecule has 5 rings (SSSR count). The Morgan fingerprint density at radius 3 is 2.23 bits per heavy atom. The van der Waals surface area contributed by atoms with Crippen LogP contribution in [0.3, 0.4) is 0 Å². The summed E-state index contributed by atoms with van der Waals surface area (Å²) < 4.78 is 48.7. The number of hydrogen-bond donors (Lipinski definition) is 3. The van der Waals surface area contributed by atoms with Crippen molar-refractivity contribution in [2.75, 3.05) is 42.4 Å². The largest absolute Gasteiger partial charge is 0.493 e. The van der Waals surface area contributed by atoms with Gasteiger partial charge >= 0.3 is 6.03 Å². The van der Waals surface area contributed by atoms with Gasteiger partial charge in [0, 0.05) is 49.4 Å². The number of aromatic nitrogens is 1. The van der Waals surface area contributed by atoms with Crippen LogP contribution in [0.2, 0.25) is 0 Å². The number of sulfone groups is 1. The fraction of sp³-hybridized carbons (Fsp3) is 0.265. The van der Waals surface area contributed by atoms with Crippen LogP contribution in [0, 0.1) is 5.82 Å². The van der Waals surface area contributed by atoms with E-state index in [-0.39, 0.29) is 23.0 Å². The molecule has 254 valence electrons. The number of pyridine rings is 1. The number of amides is 3. The van der Waals surface area contributed by atoms with Crippen molar-refractivity contribution in [1.29, 1.82) is 0 Å². The van der Waals surface area contributed by atoms with Crippen LogP contribution in [0.5, 0.6) is 17.4 Å². The Morgan fingerprint density at radius 2 is 1.60 bits per heavy atom. The molecule has 1 aromatic heterocycles. The summed E-state index contributed by atoms with van der Waals surface area (Å²) in [4.78, 5) is 30.7. The molecule has 3 aromatic carbocycles. The number of carbonyl (C=O) groups excluding carboxylic acids is 2. The average Bonchev–Trinajstić information content (AvgIpc) is 3.04. The van der Waals surface area contributed by atoms with Gasteiger partial charge in [-0.1, -0.05) is 18.2 Å². The Kier molecular flexibility index (Phi) is 12.0. The molecule has 0 saturated carbocycles. The fourth-order valence-electron chi connectivity index (χ4n) is 5.34. The second-order valence-electron chi connectivity index (χ2n) is 11.3. The van der Waals surface area contributed by atoms with Gasteiger partial charge in [0.2, 0.25) is 11.8 Å². The van der Waals surface area contributed by atoms with Gasteiger partial charge in [-0.25, -0.2) is 22.6 Å². The van der Waals surface area contributed by atoms with Crippen molar-refractivity contribution >= 4 is 51.2 Å². The van der Waals surface area contributed by atoms with Crippen LogP contribution < -0.4 is 25.4 Å². The van der Waals surface area contributed by atoms with Crippen molar-refractivity contribution in [3.63, 3.8) is 0 Å². The van der Waals surface area contributed by atoms with Crippen molar-refractivity contribution in [3.8, 4) is 17.4 Å². The summed E-state index contributed by atoms with van der Waals surface area (Å²) in [5.74, 6) is 0.451. The summed E-state index contributed by atoms with van der Waals surface area (Å²) >= 11 is 0. The second kappa shape index (κ2) is 15.9. The molecule has 0 atom stereocenters. The highest BCUT2D eigenvalue weighted by Crippen LogP contribution is 2.33. The lowest BCUT2D eigenvalue weighted by atomic mass is 9.89. The maximum atomic E-state index is 13.9. The van der Waals surface area contributed by atoms with Gasteiger partial charge in [0.1, 0.15) is 5.82 Å². The molecular formula is C34H37ClFN5O6S. The van der Waals surface area contributed by atoms with E-state index in [1.54, 1.807) is 18.3 Å².